The van der Waals surface area contributed by atoms with E-state index in [0.717, 1.165) is 18.7 Å². The molecular formula is C26H29N5O4. The Morgan fingerprint density at radius 2 is 1.71 bits per heavy atom. The van der Waals surface area contributed by atoms with Gasteiger partial charge < -0.3 is 26.0 Å². The number of piperazine rings is 1. The van der Waals surface area contributed by atoms with Gasteiger partial charge in [0.15, 0.2) is 0 Å². The van der Waals surface area contributed by atoms with E-state index in [1.165, 1.54) is 4.57 Å². The molecular weight excluding hydrogens is 446 g/mol. The van der Waals surface area contributed by atoms with Gasteiger partial charge in [0.2, 0.25) is 5.91 Å². The fraction of sp³-hybridized carbons (Fsp3) is 0.269. The second kappa shape index (κ2) is 10.4. The Balaban J connectivity index is 1.70. The van der Waals surface area contributed by atoms with Crippen molar-refractivity contribution in [3.63, 3.8) is 0 Å². The summed E-state index contributed by atoms with van der Waals surface area (Å²) in [5.41, 5.74) is 7.40. The van der Waals surface area contributed by atoms with Crippen LogP contribution in [0.2, 0.25) is 0 Å². The number of nitrogens with one attached hydrogen (secondary N) is 1. The maximum Gasteiger partial charge on any atom is 0.343 e. The number of aromatic nitrogens is 1. The van der Waals surface area contributed by atoms with Gasteiger partial charge in [-0.25, -0.2) is 4.79 Å². The number of hydrogen-bond acceptors (Lipinski definition) is 6. The van der Waals surface area contributed by atoms with Gasteiger partial charge in [0.1, 0.15) is 5.56 Å². The third-order valence-corrected chi connectivity index (χ3v) is 6.24. The number of likely N-dealkylation sites (N-methyl/N-ethyl adjacent to an activating group) is 1. The zero-order valence-corrected chi connectivity index (χ0v) is 19.6. The number of carbonyl (C=O) groups excluding carboxylic acids is 1. The van der Waals surface area contributed by atoms with Gasteiger partial charge in [0, 0.05) is 44.5 Å². The van der Waals surface area contributed by atoms with Gasteiger partial charge in [-0.3, -0.25) is 14.2 Å². The van der Waals surface area contributed by atoms with Crippen LogP contribution in [0.3, 0.4) is 0 Å². The lowest BCUT2D eigenvalue weighted by Crippen LogP contribution is -2.45. The first kappa shape index (κ1) is 24.0. The monoisotopic (exact) mass is 475 g/mol. The predicted octanol–water partition coefficient (Wildman–Crippen LogP) is 2.04. The Hall–Kier alpha value is -4.11. The van der Waals surface area contributed by atoms with Crippen LogP contribution in [-0.2, 0) is 6.42 Å². The molecule has 1 aromatic heterocycles. The smallest absolute Gasteiger partial charge is 0.343 e. The molecule has 0 atom stereocenters. The number of nitrogens with two attached hydrogens (primary N) is 1. The summed E-state index contributed by atoms with van der Waals surface area (Å²) in [6, 6.07) is 16.3. The molecule has 9 nitrogen and oxygen atoms in total. The number of anilines is 2. The van der Waals surface area contributed by atoms with Gasteiger partial charge in [-0.2, -0.15) is 0 Å². The number of carbonyl (C=O) groups is 2. The number of hydrogen-bond donors (Lipinski definition) is 3. The zero-order chi connectivity index (χ0) is 24.9. The summed E-state index contributed by atoms with van der Waals surface area (Å²) in [7, 11) is 2.03. The number of rotatable bonds is 8. The highest BCUT2D eigenvalue weighted by molar-refractivity contribution is 5.95. The van der Waals surface area contributed by atoms with Crippen molar-refractivity contribution >= 4 is 23.3 Å². The Bertz CT molecular complexity index is 1280. The summed E-state index contributed by atoms with van der Waals surface area (Å²) < 4.78 is 1.32. The van der Waals surface area contributed by atoms with Crippen molar-refractivity contribution < 1.29 is 14.7 Å². The molecule has 0 bridgehead atoms. The van der Waals surface area contributed by atoms with Crippen LogP contribution in [0.4, 0.5) is 11.4 Å². The molecule has 4 N–H and O–H groups in total. The number of amides is 1. The molecule has 0 spiro atoms. The lowest BCUT2D eigenvalue weighted by Gasteiger charge is -2.35. The van der Waals surface area contributed by atoms with E-state index in [4.69, 9.17) is 5.73 Å². The fourth-order valence-corrected chi connectivity index (χ4v) is 4.25. The largest absolute Gasteiger partial charge is 0.477 e. The summed E-state index contributed by atoms with van der Waals surface area (Å²) in [4.78, 5) is 41.6. The first-order chi connectivity index (χ1) is 16.8. The van der Waals surface area contributed by atoms with E-state index < -0.39 is 17.4 Å². The Morgan fingerprint density at radius 3 is 2.37 bits per heavy atom. The number of nitrogens with zero attached hydrogens (tertiary/aromatic N) is 3. The molecule has 3 aromatic rings. The van der Waals surface area contributed by atoms with Gasteiger partial charge in [-0.15, -0.1) is 0 Å². The Labute approximate surface area is 203 Å². The lowest BCUT2D eigenvalue weighted by atomic mass is 10.1. The first-order valence-electron chi connectivity index (χ1n) is 11.5. The summed E-state index contributed by atoms with van der Waals surface area (Å²) in [6.45, 7) is 3.52. The van der Waals surface area contributed by atoms with Crippen molar-refractivity contribution in [2.45, 2.75) is 6.42 Å². The van der Waals surface area contributed by atoms with Gasteiger partial charge >= 0.3 is 5.97 Å². The number of primary amides is 1. The second-order valence-electron chi connectivity index (χ2n) is 8.61. The molecule has 2 heterocycles. The van der Waals surface area contributed by atoms with Crippen LogP contribution in [0.25, 0.3) is 5.69 Å². The highest BCUT2D eigenvalue weighted by Gasteiger charge is 2.23. The maximum absolute atomic E-state index is 13.4. The lowest BCUT2D eigenvalue weighted by molar-refractivity contribution is 0.0695. The number of carboxylic acid groups (broad SMARTS) is 1. The highest BCUT2D eigenvalue weighted by atomic mass is 16.4. The number of pyridine rings is 1. The van der Waals surface area contributed by atoms with E-state index in [9.17, 15) is 19.5 Å². The van der Waals surface area contributed by atoms with E-state index in [1.54, 1.807) is 30.5 Å². The molecule has 1 saturated heterocycles. The van der Waals surface area contributed by atoms with Gasteiger partial charge in [0.25, 0.3) is 5.56 Å². The molecule has 9 heteroatoms. The minimum absolute atomic E-state index is 0.268. The van der Waals surface area contributed by atoms with Gasteiger partial charge in [0.05, 0.1) is 17.1 Å². The highest BCUT2D eigenvalue weighted by Crippen LogP contribution is 2.27. The minimum atomic E-state index is -1.30. The van der Waals surface area contributed by atoms with Crippen LogP contribution in [0.1, 0.15) is 26.3 Å². The summed E-state index contributed by atoms with van der Waals surface area (Å²) >= 11 is 0. The molecule has 1 amide bonds. The van der Waals surface area contributed by atoms with Crippen molar-refractivity contribution in [3.8, 4) is 5.69 Å². The predicted molar refractivity (Wildman–Crippen MR) is 136 cm³/mol. The minimum Gasteiger partial charge on any atom is -0.477 e. The van der Waals surface area contributed by atoms with Crippen LogP contribution in [0, 0.1) is 0 Å². The van der Waals surface area contributed by atoms with E-state index in [-0.39, 0.29) is 11.3 Å². The van der Waals surface area contributed by atoms with E-state index >= 15 is 0 Å². The average molecular weight is 476 g/mol. The molecule has 4 rings (SSSR count). The molecule has 0 aliphatic carbocycles. The molecule has 0 radical (unpaired) electrons. The Morgan fingerprint density at radius 1 is 1.00 bits per heavy atom. The number of carboxylic acids is 1. The summed E-state index contributed by atoms with van der Waals surface area (Å²) in [6.07, 6.45) is 2.25. The molecule has 0 saturated carbocycles. The van der Waals surface area contributed by atoms with E-state index in [1.807, 2.05) is 37.4 Å². The third kappa shape index (κ3) is 5.36. The molecule has 0 unspecified atom stereocenters. The number of aromatic carboxylic acids is 1. The van der Waals surface area contributed by atoms with E-state index in [2.05, 4.69) is 15.1 Å². The maximum atomic E-state index is 13.4. The van der Waals surface area contributed by atoms with E-state index in [0.29, 0.717) is 43.0 Å². The van der Waals surface area contributed by atoms with Crippen molar-refractivity contribution in [2.24, 2.45) is 5.73 Å². The van der Waals surface area contributed by atoms with Crippen LogP contribution in [0.5, 0.6) is 0 Å². The van der Waals surface area contributed by atoms with Crippen molar-refractivity contribution in [1.29, 1.82) is 0 Å². The molecule has 2 aromatic carbocycles. The molecule has 182 valence electrons. The molecule has 1 fully saturated rings. The summed E-state index contributed by atoms with van der Waals surface area (Å²) in [5, 5.41) is 13.0. The standard InChI is InChI=1S/C26H29N5O4/c1-29-13-15-30(16-14-29)22-17-19(24(27)32)7-8-21(22)31-12-10-20(23(25(31)33)26(34)35)28-11-9-18-5-3-2-4-6-18/h2-8,10,12,17,28H,9,11,13-16H2,1H3,(H2,27,32)(H,34,35). The molecule has 1 aliphatic heterocycles. The van der Waals surface area contributed by atoms with Crippen molar-refractivity contribution in [1.82, 2.24) is 9.47 Å². The SMILES string of the molecule is CN1CCN(c2cc(C(N)=O)ccc2-n2ccc(NCCc3ccccc3)c(C(=O)O)c2=O)CC1. The van der Waals surface area contributed by atoms with Crippen LogP contribution in [0.15, 0.2) is 65.6 Å². The molecule has 1 aliphatic rings. The quantitative estimate of drug-likeness (QED) is 0.456. The molecule has 35 heavy (non-hydrogen) atoms. The van der Waals surface area contributed by atoms with Crippen LogP contribution < -0.4 is 21.5 Å². The normalized spacial score (nSPS) is 14.0. The zero-order valence-electron chi connectivity index (χ0n) is 19.6. The van der Waals surface area contributed by atoms with Gasteiger partial charge in [-0.05, 0) is 43.3 Å². The summed E-state index contributed by atoms with van der Waals surface area (Å²) in [5.74, 6) is -1.87. The van der Waals surface area contributed by atoms with Crippen molar-refractivity contribution in [3.05, 3.63) is 87.8 Å². The van der Waals surface area contributed by atoms with Gasteiger partial charge in [-0.1, -0.05) is 30.3 Å². The average Bonchev–Trinajstić information content (AvgIpc) is 2.85. The third-order valence-electron chi connectivity index (χ3n) is 6.24. The topological polar surface area (TPSA) is 121 Å². The number of benzene rings is 2. The van der Waals surface area contributed by atoms with Crippen LogP contribution >= 0.6 is 0 Å². The Kier molecular flexibility index (Phi) is 7.17. The first-order valence-corrected chi connectivity index (χ1v) is 11.5. The fourth-order valence-electron chi connectivity index (χ4n) is 4.25. The van der Waals surface area contributed by atoms with Crippen molar-refractivity contribution in [2.75, 3.05) is 50.0 Å². The second-order valence-corrected chi connectivity index (χ2v) is 8.61. The van der Waals surface area contributed by atoms with Crippen LogP contribution in [-0.4, -0.2) is 66.2 Å².